The maximum atomic E-state index is 5.50. The molecular formula is C17H36N2O. The van der Waals surface area contributed by atoms with E-state index < -0.39 is 0 Å². The fourth-order valence-corrected chi connectivity index (χ4v) is 3.22. The van der Waals surface area contributed by atoms with E-state index in [1.807, 2.05) is 7.11 Å². The van der Waals surface area contributed by atoms with Crippen LogP contribution in [-0.4, -0.2) is 50.3 Å². The fraction of sp³-hybridized carbons (Fsp3) is 1.00. The van der Waals surface area contributed by atoms with Crippen molar-refractivity contribution in [1.82, 2.24) is 10.2 Å². The van der Waals surface area contributed by atoms with E-state index in [-0.39, 0.29) is 0 Å². The summed E-state index contributed by atoms with van der Waals surface area (Å²) in [5.41, 5.74) is 0. The molecule has 20 heavy (non-hydrogen) atoms. The molecule has 0 amide bonds. The molecule has 1 unspecified atom stereocenters. The van der Waals surface area contributed by atoms with Crippen LogP contribution in [0.5, 0.6) is 0 Å². The molecule has 0 aromatic carbocycles. The Bertz CT molecular complexity index is 227. The Hall–Kier alpha value is -0.120. The Labute approximate surface area is 126 Å². The van der Waals surface area contributed by atoms with Gasteiger partial charge in [0.05, 0.1) is 6.61 Å². The summed E-state index contributed by atoms with van der Waals surface area (Å²) in [4.78, 5) is 2.75. The second-order valence-electron chi connectivity index (χ2n) is 6.67. The lowest BCUT2D eigenvalue weighted by Gasteiger charge is -2.37. The first-order chi connectivity index (χ1) is 9.69. The van der Waals surface area contributed by atoms with Crippen LogP contribution in [0, 0.1) is 5.92 Å². The van der Waals surface area contributed by atoms with Crippen molar-refractivity contribution in [3.05, 3.63) is 0 Å². The lowest BCUT2D eigenvalue weighted by molar-refractivity contribution is 0.0578. The van der Waals surface area contributed by atoms with Crippen LogP contribution in [-0.2, 0) is 4.74 Å². The third-order valence-electron chi connectivity index (χ3n) is 4.39. The van der Waals surface area contributed by atoms with Gasteiger partial charge in [-0.05, 0) is 44.7 Å². The highest BCUT2D eigenvalue weighted by molar-refractivity contribution is 4.84. The van der Waals surface area contributed by atoms with Gasteiger partial charge in [0.15, 0.2) is 0 Å². The molecular weight excluding hydrogens is 248 g/mol. The lowest BCUT2D eigenvalue weighted by atomic mass is 10.1. The molecule has 3 heteroatoms. The van der Waals surface area contributed by atoms with Gasteiger partial charge in [-0.1, -0.05) is 33.6 Å². The summed E-state index contributed by atoms with van der Waals surface area (Å²) in [5, 5.41) is 3.59. The zero-order valence-electron chi connectivity index (χ0n) is 14.2. The van der Waals surface area contributed by atoms with Gasteiger partial charge in [0, 0.05) is 25.7 Å². The zero-order valence-corrected chi connectivity index (χ0v) is 14.2. The smallest absolute Gasteiger partial charge is 0.0630 e. The average Bonchev–Trinajstić information content (AvgIpc) is 2.92. The molecule has 0 aliphatic heterocycles. The summed E-state index contributed by atoms with van der Waals surface area (Å²) in [6.45, 7) is 11.1. The predicted molar refractivity (Wildman–Crippen MR) is 87.2 cm³/mol. The maximum Gasteiger partial charge on any atom is 0.0630 e. The molecule has 0 bridgehead atoms. The van der Waals surface area contributed by atoms with Gasteiger partial charge in [0.25, 0.3) is 0 Å². The summed E-state index contributed by atoms with van der Waals surface area (Å²) >= 11 is 0. The summed E-state index contributed by atoms with van der Waals surface area (Å²) in [7, 11) is 1.84. The van der Waals surface area contributed by atoms with Crippen LogP contribution in [0.3, 0.4) is 0 Å². The van der Waals surface area contributed by atoms with Gasteiger partial charge in [-0.2, -0.15) is 0 Å². The molecule has 0 saturated heterocycles. The van der Waals surface area contributed by atoms with Crippen molar-refractivity contribution in [2.24, 2.45) is 5.92 Å². The third kappa shape index (κ3) is 6.55. The standard InChI is InChI=1S/C17H36N2O/c1-5-11-18-13-17(14-20-4)19(12-10-15(2)3)16-8-6-7-9-16/h15-18H,5-14H2,1-4H3. The molecule has 1 rings (SSSR count). The van der Waals surface area contributed by atoms with E-state index in [2.05, 4.69) is 31.0 Å². The molecule has 1 N–H and O–H groups in total. The molecule has 1 aliphatic rings. The number of methoxy groups -OCH3 is 1. The molecule has 1 atom stereocenters. The highest BCUT2D eigenvalue weighted by atomic mass is 16.5. The molecule has 3 nitrogen and oxygen atoms in total. The molecule has 0 heterocycles. The van der Waals surface area contributed by atoms with Crippen molar-refractivity contribution >= 4 is 0 Å². The van der Waals surface area contributed by atoms with Crippen LogP contribution in [0.25, 0.3) is 0 Å². The van der Waals surface area contributed by atoms with Crippen LogP contribution in [0.15, 0.2) is 0 Å². The highest BCUT2D eigenvalue weighted by Crippen LogP contribution is 2.26. The molecule has 1 saturated carbocycles. The van der Waals surface area contributed by atoms with Gasteiger partial charge in [0.2, 0.25) is 0 Å². The van der Waals surface area contributed by atoms with Crippen LogP contribution >= 0.6 is 0 Å². The minimum Gasteiger partial charge on any atom is -0.383 e. The number of nitrogens with one attached hydrogen (secondary N) is 1. The Morgan fingerprint density at radius 3 is 2.50 bits per heavy atom. The summed E-state index contributed by atoms with van der Waals surface area (Å²) in [6, 6.07) is 1.32. The maximum absolute atomic E-state index is 5.50. The predicted octanol–water partition coefficient (Wildman–Crippen LogP) is 3.29. The van der Waals surface area contributed by atoms with Crippen LogP contribution in [0.4, 0.5) is 0 Å². The third-order valence-corrected chi connectivity index (χ3v) is 4.39. The van der Waals surface area contributed by atoms with E-state index >= 15 is 0 Å². The van der Waals surface area contributed by atoms with Crippen LogP contribution in [0.1, 0.15) is 59.3 Å². The van der Waals surface area contributed by atoms with Gasteiger partial charge < -0.3 is 10.1 Å². The SMILES string of the molecule is CCCNCC(COC)N(CCC(C)C)C1CCCC1. The average molecular weight is 284 g/mol. The Balaban J connectivity index is 2.58. The lowest BCUT2D eigenvalue weighted by Crippen LogP contribution is -2.50. The molecule has 120 valence electrons. The first-order valence-electron chi connectivity index (χ1n) is 8.64. The van der Waals surface area contributed by atoms with Gasteiger partial charge >= 0.3 is 0 Å². The number of hydrogen-bond donors (Lipinski definition) is 1. The molecule has 1 aliphatic carbocycles. The van der Waals surface area contributed by atoms with Crippen molar-refractivity contribution < 1.29 is 4.74 Å². The minimum atomic E-state index is 0.536. The summed E-state index contributed by atoms with van der Waals surface area (Å²) < 4.78 is 5.50. The monoisotopic (exact) mass is 284 g/mol. The van der Waals surface area contributed by atoms with Gasteiger partial charge in [-0.3, -0.25) is 4.90 Å². The van der Waals surface area contributed by atoms with Gasteiger partial charge in [-0.25, -0.2) is 0 Å². The van der Waals surface area contributed by atoms with Gasteiger partial charge in [0.1, 0.15) is 0 Å². The van der Waals surface area contributed by atoms with Gasteiger partial charge in [-0.15, -0.1) is 0 Å². The Morgan fingerprint density at radius 2 is 1.95 bits per heavy atom. The minimum absolute atomic E-state index is 0.536. The Morgan fingerprint density at radius 1 is 1.25 bits per heavy atom. The second-order valence-corrected chi connectivity index (χ2v) is 6.67. The van der Waals surface area contributed by atoms with E-state index in [4.69, 9.17) is 4.74 Å². The molecule has 0 radical (unpaired) electrons. The van der Waals surface area contributed by atoms with Crippen LogP contribution < -0.4 is 5.32 Å². The fourth-order valence-electron chi connectivity index (χ4n) is 3.22. The normalized spacial score (nSPS) is 18.3. The molecule has 0 aromatic heterocycles. The van der Waals surface area contributed by atoms with E-state index in [1.165, 1.54) is 45.1 Å². The second kappa shape index (κ2) is 10.6. The van der Waals surface area contributed by atoms with Crippen molar-refractivity contribution in [3.63, 3.8) is 0 Å². The van der Waals surface area contributed by atoms with Crippen molar-refractivity contribution in [1.29, 1.82) is 0 Å². The van der Waals surface area contributed by atoms with E-state index in [0.717, 1.165) is 31.7 Å². The number of ether oxygens (including phenoxy) is 1. The first kappa shape index (κ1) is 17.9. The first-order valence-corrected chi connectivity index (χ1v) is 8.64. The molecule has 0 aromatic rings. The largest absolute Gasteiger partial charge is 0.383 e. The number of rotatable bonds is 11. The number of nitrogens with zero attached hydrogens (tertiary/aromatic N) is 1. The quantitative estimate of drug-likeness (QED) is 0.589. The highest BCUT2D eigenvalue weighted by Gasteiger charge is 2.28. The van der Waals surface area contributed by atoms with Crippen molar-refractivity contribution in [2.45, 2.75) is 71.4 Å². The molecule has 1 fully saturated rings. The topological polar surface area (TPSA) is 24.5 Å². The van der Waals surface area contributed by atoms with E-state index in [9.17, 15) is 0 Å². The zero-order chi connectivity index (χ0) is 14.8. The molecule has 0 spiro atoms. The number of hydrogen-bond acceptors (Lipinski definition) is 3. The van der Waals surface area contributed by atoms with Crippen molar-refractivity contribution in [3.8, 4) is 0 Å². The van der Waals surface area contributed by atoms with E-state index in [0.29, 0.717) is 6.04 Å². The van der Waals surface area contributed by atoms with E-state index in [1.54, 1.807) is 0 Å². The summed E-state index contributed by atoms with van der Waals surface area (Å²) in [6.07, 6.45) is 8.08. The van der Waals surface area contributed by atoms with Crippen LogP contribution in [0.2, 0.25) is 0 Å². The summed E-state index contributed by atoms with van der Waals surface area (Å²) in [5.74, 6) is 0.783. The Kier molecular flexibility index (Phi) is 9.49. The van der Waals surface area contributed by atoms with Crippen molar-refractivity contribution in [2.75, 3.05) is 33.4 Å².